The number of nitrogens with two attached hydrogens (primary N) is 1. The van der Waals surface area contributed by atoms with Crippen molar-refractivity contribution >= 4 is 29.0 Å². The normalized spacial score (nSPS) is 13.6. The van der Waals surface area contributed by atoms with Gasteiger partial charge < -0.3 is 20.9 Å². The number of hydrogen-bond acceptors (Lipinski definition) is 5. The van der Waals surface area contributed by atoms with E-state index >= 15 is 0 Å². The molecule has 0 aliphatic carbocycles. The summed E-state index contributed by atoms with van der Waals surface area (Å²) in [7, 11) is 1.54. The molecular formula is C14H22N2O3S. The van der Waals surface area contributed by atoms with Crippen molar-refractivity contribution in [2.75, 3.05) is 23.9 Å². The van der Waals surface area contributed by atoms with Gasteiger partial charge in [-0.2, -0.15) is 11.8 Å². The molecule has 2 unspecified atom stereocenters. The maximum absolute atomic E-state index is 11.9. The summed E-state index contributed by atoms with van der Waals surface area (Å²) in [5.41, 5.74) is 6.84. The molecule has 0 fully saturated rings. The Bertz CT molecular complexity index is 452. The van der Waals surface area contributed by atoms with Gasteiger partial charge in [-0.15, -0.1) is 0 Å². The Morgan fingerprint density at radius 2 is 2.20 bits per heavy atom. The van der Waals surface area contributed by atoms with Gasteiger partial charge in [-0.3, -0.25) is 4.79 Å². The van der Waals surface area contributed by atoms with Gasteiger partial charge in [0.1, 0.15) is 5.75 Å². The fourth-order valence-electron chi connectivity index (χ4n) is 1.51. The van der Waals surface area contributed by atoms with Gasteiger partial charge in [0, 0.05) is 23.1 Å². The number of ether oxygens (including phenoxy) is 1. The van der Waals surface area contributed by atoms with Crippen LogP contribution in [0.5, 0.6) is 5.75 Å². The van der Waals surface area contributed by atoms with Crippen molar-refractivity contribution in [3.63, 3.8) is 0 Å². The first-order chi connectivity index (χ1) is 9.43. The lowest BCUT2D eigenvalue weighted by Gasteiger charge is -2.14. The molecule has 0 saturated heterocycles. The number of rotatable bonds is 7. The number of thioether (sulfide) groups is 1. The third kappa shape index (κ3) is 5.30. The zero-order valence-electron chi connectivity index (χ0n) is 12.1. The van der Waals surface area contributed by atoms with E-state index in [0.717, 1.165) is 0 Å². The number of aliphatic hydroxyl groups is 1. The van der Waals surface area contributed by atoms with E-state index in [1.165, 1.54) is 0 Å². The lowest BCUT2D eigenvalue weighted by atomic mass is 10.2. The van der Waals surface area contributed by atoms with Gasteiger partial charge in [-0.1, -0.05) is 6.92 Å². The molecule has 20 heavy (non-hydrogen) atoms. The predicted molar refractivity (Wildman–Crippen MR) is 84.3 cm³/mol. The Morgan fingerprint density at radius 3 is 2.80 bits per heavy atom. The van der Waals surface area contributed by atoms with Crippen LogP contribution in [0.1, 0.15) is 20.3 Å². The van der Waals surface area contributed by atoms with Gasteiger partial charge in [0.05, 0.1) is 18.9 Å². The number of amides is 1. The molecule has 1 aromatic carbocycles. The zero-order chi connectivity index (χ0) is 15.1. The SMILES string of the molecule is COc1ccc(N)cc1NC(=O)CCSC(C)C(C)O. The van der Waals surface area contributed by atoms with Gasteiger partial charge in [0.2, 0.25) is 5.91 Å². The Morgan fingerprint density at radius 1 is 1.50 bits per heavy atom. The molecule has 0 aliphatic rings. The van der Waals surface area contributed by atoms with E-state index in [2.05, 4.69) is 5.32 Å². The maximum Gasteiger partial charge on any atom is 0.225 e. The van der Waals surface area contributed by atoms with Crippen molar-refractivity contribution in [3.8, 4) is 5.75 Å². The number of carbonyl (C=O) groups is 1. The molecule has 0 radical (unpaired) electrons. The number of aliphatic hydroxyl groups excluding tert-OH is 1. The summed E-state index contributed by atoms with van der Waals surface area (Å²) in [6, 6.07) is 5.10. The van der Waals surface area contributed by atoms with E-state index < -0.39 is 0 Å². The van der Waals surface area contributed by atoms with Crippen LogP contribution in [0, 0.1) is 0 Å². The molecular weight excluding hydrogens is 276 g/mol. The molecule has 0 heterocycles. The van der Waals surface area contributed by atoms with Crippen LogP contribution >= 0.6 is 11.8 Å². The molecule has 1 aromatic rings. The molecule has 1 rings (SSSR count). The lowest BCUT2D eigenvalue weighted by Crippen LogP contribution is -2.18. The highest BCUT2D eigenvalue weighted by Gasteiger charge is 2.11. The van der Waals surface area contributed by atoms with E-state index in [-0.39, 0.29) is 17.3 Å². The molecule has 6 heteroatoms. The Labute approximate surface area is 123 Å². The van der Waals surface area contributed by atoms with Gasteiger partial charge in [0.25, 0.3) is 0 Å². The quantitative estimate of drug-likeness (QED) is 0.671. The molecule has 4 N–H and O–H groups in total. The van der Waals surface area contributed by atoms with Crippen LogP contribution in [0.3, 0.4) is 0 Å². The highest BCUT2D eigenvalue weighted by atomic mass is 32.2. The first kappa shape index (κ1) is 16.7. The third-order valence-electron chi connectivity index (χ3n) is 2.89. The number of carbonyl (C=O) groups excluding carboxylic acids is 1. The van der Waals surface area contributed by atoms with Crippen molar-refractivity contribution in [1.29, 1.82) is 0 Å². The fourth-order valence-corrected chi connectivity index (χ4v) is 2.47. The molecule has 0 bridgehead atoms. The van der Waals surface area contributed by atoms with E-state index in [4.69, 9.17) is 10.5 Å². The van der Waals surface area contributed by atoms with Crippen molar-refractivity contribution < 1.29 is 14.6 Å². The Balaban J connectivity index is 2.48. The van der Waals surface area contributed by atoms with Crippen molar-refractivity contribution in [1.82, 2.24) is 0 Å². The first-order valence-electron chi connectivity index (χ1n) is 6.47. The van der Waals surface area contributed by atoms with Crippen molar-refractivity contribution in [2.24, 2.45) is 0 Å². The van der Waals surface area contributed by atoms with Crippen molar-refractivity contribution in [2.45, 2.75) is 31.6 Å². The van der Waals surface area contributed by atoms with Crippen LogP contribution in [0.15, 0.2) is 18.2 Å². The summed E-state index contributed by atoms with van der Waals surface area (Å²) in [5, 5.41) is 12.3. The van der Waals surface area contributed by atoms with Crippen LogP contribution in [0.25, 0.3) is 0 Å². The number of benzene rings is 1. The van der Waals surface area contributed by atoms with E-state index in [1.807, 2.05) is 6.92 Å². The topological polar surface area (TPSA) is 84.6 Å². The smallest absolute Gasteiger partial charge is 0.225 e. The predicted octanol–water partition coefficient (Wildman–Crippen LogP) is 2.11. The molecule has 0 aromatic heterocycles. The largest absolute Gasteiger partial charge is 0.495 e. The Kier molecular flexibility index (Phi) is 6.67. The second-order valence-electron chi connectivity index (χ2n) is 4.57. The monoisotopic (exact) mass is 298 g/mol. The van der Waals surface area contributed by atoms with E-state index in [0.29, 0.717) is 29.3 Å². The van der Waals surface area contributed by atoms with Gasteiger partial charge in [-0.25, -0.2) is 0 Å². The molecule has 5 nitrogen and oxygen atoms in total. The summed E-state index contributed by atoms with van der Waals surface area (Å²) in [4.78, 5) is 11.9. The first-order valence-corrected chi connectivity index (χ1v) is 7.52. The van der Waals surface area contributed by atoms with Crippen LogP contribution in [0.4, 0.5) is 11.4 Å². The highest BCUT2D eigenvalue weighted by molar-refractivity contribution is 7.99. The summed E-state index contributed by atoms with van der Waals surface area (Å²) < 4.78 is 5.17. The average Bonchev–Trinajstić information content (AvgIpc) is 2.38. The maximum atomic E-state index is 11.9. The molecule has 0 spiro atoms. The molecule has 112 valence electrons. The Hall–Kier alpha value is -1.40. The molecule has 2 atom stereocenters. The van der Waals surface area contributed by atoms with Crippen LogP contribution in [0.2, 0.25) is 0 Å². The molecule has 1 amide bonds. The number of nitrogens with one attached hydrogen (secondary N) is 1. The number of nitrogen functional groups attached to an aromatic ring is 1. The third-order valence-corrected chi connectivity index (χ3v) is 4.25. The number of hydrogen-bond donors (Lipinski definition) is 3. The fraction of sp³-hybridized carbons (Fsp3) is 0.500. The summed E-state index contributed by atoms with van der Waals surface area (Å²) in [6.07, 6.45) is -0.00302. The highest BCUT2D eigenvalue weighted by Crippen LogP contribution is 2.26. The second-order valence-corrected chi connectivity index (χ2v) is 6.06. The molecule has 0 saturated carbocycles. The lowest BCUT2D eigenvalue weighted by molar-refractivity contribution is -0.115. The number of methoxy groups -OCH3 is 1. The summed E-state index contributed by atoms with van der Waals surface area (Å²) in [5.74, 6) is 1.14. The average molecular weight is 298 g/mol. The van der Waals surface area contributed by atoms with Crippen LogP contribution in [-0.4, -0.2) is 35.2 Å². The standard InChI is InChI=1S/C14H22N2O3S/c1-9(17)10(2)20-7-6-14(18)16-12-8-11(15)4-5-13(12)19-3/h4-5,8-10,17H,6-7,15H2,1-3H3,(H,16,18). The second kappa shape index (κ2) is 8.01. The van der Waals surface area contributed by atoms with Gasteiger partial charge in [0.15, 0.2) is 0 Å². The number of anilines is 2. The van der Waals surface area contributed by atoms with Crippen molar-refractivity contribution in [3.05, 3.63) is 18.2 Å². The summed E-state index contributed by atoms with van der Waals surface area (Å²) in [6.45, 7) is 3.68. The summed E-state index contributed by atoms with van der Waals surface area (Å²) >= 11 is 1.57. The minimum atomic E-state index is -0.378. The van der Waals surface area contributed by atoms with Crippen LogP contribution in [-0.2, 0) is 4.79 Å². The van der Waals surface area contributed by atoms with E-state index in [1.54, 1.807) is 44.0 Å². The van der Waals surface area contributed by atoms with Gasteiger partial charge in [-0.05, 0) is 25.1 Å². The minimum absolute atomic E-state index is 0.0980. The van der Waals surface area contributed by atoms with Gasteiger partial charge >= 0.3 is 0 Å². The zero-order valence-corrected chi connectivity index (χ0v) is 12.9. The molecule has 0 aliphatic heterocycles. The minimum Gasteiger partial charge on any atom is -0.495 e. The van der Waals surface area contributed by atoms with Crippen LogP contribution < -0.4 is 15.8 Å². The van der Waals surface area contributed by atoms with E-state index in [9.17, 15) is 9.90 Å².